The van der Waals surface area contributed by atoms with Gasteiger partial charge in [-0.15, -0.1) is 11.8 Å². The van der Waals surface area contributed by atoms with Gasteiger partial charge in [-0.2, -0.15) is 0 Å². The van der Waals surface area contributed by atoms with Crippen molar-refractivity contribution in [1.29, 1.82) is 0 Å². The van der Waals surface area contributed by atoms with Crippen molar-refractivity contribution in [3.63, 3.8) is 0 Å². The summed E-state index contributed by atoms with van der Waals surface area (Å²) in [5, 5.41) is 29.8. The molecule has 0 amide bonds. The first kappa shape index (κ1) is 16.5. The van der Waals surface area contributed by atoms with Crippen LogP contribution in [0.25, 0.3) is 11.1 Å². The molecule has 122 valence electrons. The van der Waals surface area contributed by atoms with Gasteiger partial charge in [0.05, 0.1) is 11.1 Å². The number of nitrogens with zero attached hydrogens (tertiary/aromatic N) is 1. The Bertz CT molecular complexity index is 687. The number of aromatic nitrogens is 1. The van der Waals surface area contributed by atoms with E-state index in [1.54, 1.807) is 24.5 Å². The van der Waals surface area contributed by atoms with Gasteiger partial charge in [0.25, 0.3) is 0 Å². The first-order valence-corrected chi connectivity index (χ1v) is 8.51. The summed E-state index contributed by atoms with van der Waals surface area (Å²) in [6.07, 6.45) is -0.0388. The molecule has 0 unspecified atom stereocenters. The van der Waals surface area contributed by atoms with Gasteiger partial charge in [-0.1, -0.05) is 23.7 Å². The summed E-state index contributed by atoms with van der Waals surface area (Å²) in [6.45, 7) is 0. The smallest absolute Gasteiger partial charge is 0.173 e. The molecule has 4 atom stereocenters. The average Bonchev–Trinajstić information content (AvgIpc) is 2.56. The van der Waals surface area contributed by atoms with E-state index in [4.69, 9.17) is 16.3 Å². The minimum atomic E-state index is -1.21. The van der Waals surface area contributed by atoms with E-state index >= 15 is 0 Å². The minimum absolute atomic E-state index is 0.306. The molecule has 5 nitrogen and oxygen atoms in total. The fourth-order valence-electron chi connectivity index (χ4n) is 2.34. The molecule has 23 heavy (non-hydrogen) atoms. The lowest BCUT2D eigenvalue weighted by Crippen LogP contribution is -2.50. The van der Waals surface area contributed by atoms with Crippen LogP contribution in [0.5, 0.6) is 5.75 Å². The van der Waals surface area contributed by atoms with Crippen LogP contribution in [-0.4, -0.2) is 49.8 Å². The van der Waals surface area contributed by atoms with Crippen molar-refractivity contribution in [3.05, 3.63) is 47.7 Å². The molecule has 1 fully saturated rings. The molecule has 3 rings (SSSR count). The fourth-order valence-corrected chi connectivity index (χ4v) is 3.63. The number of thioether (sulfide) groups is 1. The number of rotatable bonds is 3. The molecule has 0 bridgehead atoms. The Labute approximate surface area is 142 Å². The maximum Gasteiger partial charge on any atom is 0.173 e. The lowest BCUT2D eigenvalue weighted by atomic mass is 10.1. The first-order chi connectivity index (χ1) is 11.0. The Morgan fingerprint density at radius 1 is 1.09 bits per heavy atom. The van der Waals surface area contributed by atoms with E-state index in [9.17, 15) is 15.3 Å². The topological polar surface area (TPSA) is 82.8 Å². The molecule has 2 heterocycles. The third kappa shape index (κ3) is 3.79. The van der Waals surface area contributed by atoms with Gasteiger partial charge in [0, 0.05) is 23.7 Å². The quantitative estimate of drug-likeness (QED) is 0.782. The molecule has 0 aliphatic carbocycles. The van der Waals surface area contributed by atoms with Crippen LogP contribution >= 0.6 is 23.4 Å². The second-order valence-corrected chi connectivity index (χ2v) is 6.86. The number of pyridine rings is 1. The number of aliphatic hydroxyl groups excluding tert-OH is 3. The largest absolute Gasteiger partial charge is 0.477 e. The zero-order chi connectivity index (χ0) is 16.4. The first-order valence-electron chi connectivity index (χ1n) is 7.08. The van der Waals surface area contributed by atoms with Crippen LogP contribution in [0.4, 0.5) is 0 Å². The van der Waals surface area contributed by atoms with Crippen molar-refractivity contribution in [3.8, 4) is 16.9 Å². The molecular formula is C16H16ClNO4S. The molecule has 1 aliphatic heterocycles. The van der Waals surface area contributed by atoms with E-state index in [0.29, 0.717) is 16.5 Å². The number of halogens is 1. The molecule has 2 aromatic rings. The normalized spacial score (nSPS) is 27.7. The van der Waals surface area contributed by atoms with Gasteiger partial charge in [-0.25, -0.2) is 0 Å². The highest BCUT2D eigenvalue weighted by atomic mass is 35.5. The predicted octanol–water partition coefficient (Wildman–Crippen LogP) is 1.94. The lowest BCUT2D eigenvalue weighted by Gasteiger charge is -2.34. The zero-order valence-corrected chi connectivity index (χ0v) is 13.6. The summed E-state index contributed by atoms with van der Waals surface area (Å²) >= 11 is 7.22. The van der Waals surface area contributed by atoms with Gasteiger partial charge >= 0.3 is 0 Å². The van der Waals surface area contributed by atoms with Crippen LogP contribution in [0.3, 0.4) is 0 Å². The van der Waals surface area contributed by atoms with Crippen molar-refractivity contribution in [2.45, 2.75) is 23.7 Å². The standard InChI is InChI=1S/C16H16ClNO4S/c17-11-4-10(6-18-7-11)9-2-1-3-12(5-9)22-16-15(21)14(20)13(19)8-23-16/h1-7,13-16,19-21H,8H2/t13-,14+,15-,16-/m1/s1. The van der Waals surface area contributed by atoms with E-state index in [1.807, 2.05) is 18.2 Å². The van der Waals surface area contributed by atoms with E-state index in [2.05, 4.69) is 4.98 Å². The summed E-state index contributed by atoms with van der Waals surface area (Å²) in [6, 6.07) is 9.13. The number of hydrogen-bond donors (Lipinski definition) is 3. The van der Waals surface area contributed by atoms with E-state index < -0.39 is 23.7 Å². The van der Waals surface area contributed by atoms with Crippen LogP contribution in [0.1, 0.15) is 0 Å². The SMILES string of the molecule is O[C@@H]1[C@@H](O)[C@H](Oc2cccc(-c3cncc(Cl)c3)c2)SC[C@H]1O. The van der Waals surface area contributed by atoms with Crippen molar-refractivity contribution in [2.75, 3.05) is 5.75 Å². The second kappa shape index (κ2) is 7.07. The highest BCUT2D eigenvalue weighted by Crippen LogP contribution is 2.31. The highest BCUT2D eigenvalue weighted by Gasteiger charge is 2.38. The summed E-state index contributed by atoms with van der Waals surface area (Å²) in [5.74, 6) is 0.864. The monoisotopic (exact) mass is 353 g/mol. The predicted molar refractivity (Wildman–Crippen MR) is 89.6 cm³/mol. The van der Waals surface area contributed by atoms with Crippen LogP contribution in [0.15, 0.2) is 42.7 Å². The number of ether oxygens (including phenoxy) is 1. The molecule has 0 radical (unpaired) electrons. The lowest BCUT2D eigenvalue weighted by molar-refractivity contribution is -0.0786. The maximum absolute atomic E-state index is 10.0. The van der Waals surface area contributed by atoms with Crippen molar-refractivity contribution in [2.24, 2.45) is 0 Å². The molecule has 1 aromatic heterocycles. The number of benzene rings is 1. The maximum atomic E-state index is 10.0. The van der Waals surface area contributed by atoms with Gasteiger partial charge < -0.3 is 20.1 Å². The van der Waals surface area contributed by atoms with Gasteiger partial charge in [-0.05, 0) is 23.8 Å². The molecule has 0 saturated carbocycles. The molecular weight excluding hydrogens is 338 g/mol. The Kier molecular flexibility index (Phi) is 5.08. The Hall–Kier alpha value is -1.31. The summed E-state index contributed by atoms with van der Waals surface area (Å²) < 4.78 is 5.77. The van der Waals surface area contributed by atoms with Gasteiger partial charge in [-0.3, -0.25) is 4.98 Å². The van der Waals surface area contributed by atoms with Gasteiger partial charge in [0.15, 0.2) is 5.44 Å². The van der Waals surface area contributed by atoms with Gasteiger partial charge in [0.2, 0.25) is 0 Å². The summed E-state index contributed by atoms with van der Waals surface area (Å²) in [4.78, 5) is 4.06. The van der Waals surface area contributed by atoms with E-state index in [1.165, 1.54) is 11.8 Å². The summed E-state index contributed by atoms with van der Waals surface area (Å²) in [5.41, 5.74) is 1.10. The van der Waals surface area contributed by atoms with Crippen LogP contribution in [0, 0.1) is 0 Å². The fraction of sp³-hybridized carbons (Fsp3) is 0.312. The Morgan fingerprint density at radius 2 is 1.91 bits per heavy atom. The molecule has 1 aliphatic rings. The third-order valence-electron chi connectivity index (χ3n) is 3.58. The summed E-state index contributed by atoms with van der Waals surface area (Å²) in [7, 11) is 0. The van der Waals surface area contributed by atoms with Crippen molar-refractivity contribution in [1.82, 2.24) is 4.98 Å². The zero-order valence-electron chi connectivity index (χ0n) is 12.0. The Morgan fingerprint density at radius 3 is 2.70 bits per heavy atom. The van der Waals surface area contributed by atoms with Crippen molar-refractivity contribution < 1.29 is 20.1 Å². The number of aliphatic hydroxyl groups is 3. The molecule has 1 saturated heterocycles. The van der Waals surface area contributed by atoms with E-state index in [0.717, 1.165) is 11.1 Å². The van der Waals surface area contributed by atoms with Gasteiger partial charge in [0.1, 0.15) is 18.0 Å². The molecule has 1 aromatic carbocycles. The molecule has 0 spiro atoms. The minimum Gasteiger partial charge on any atom is -0.477 e. The van der Waals surface area contributed by atoms with Crippen molar-refractivity contribution >= 4 is 23.4 Å². The van der Waals surface area contributed by atoms with E-state index in [-0.39, 0.29) is 0 Å². The van der Waals surface area contributed by atoms with Crippen LogP contribution < -0.4 is 4.74 Å². The van der Waals surface area contributed by atoms with Crippen LogP contribution in [-0.2, 0) is 0 Å². The Balaban J connectivity index is 1.78. The van der Waals surface area contributed by atoms with Crippen LogP contribution in [0.2, 0.25) is 5.02 Å². The molecule has 3 N–H and O–H groups in total. The average molecular weight is 354 g/mol. The third-order valence-corrected chi connectivity index (χ3v) is 5.02. The number of hydrogen-bond acceptors (Lipinski definition) is 6. The molecule has 7 heteroatoms. The second-order valence-electron chi connectivity index (χ2n) is 5.29. The highest BCUT2D eigenvalue weighted by molar-refractivity contribution is 7.99.